The Morgan fingerprint density at radius 2 is 1.54 bits per heavy atom. The normalized spacial score (nSPS) is 12.2. The summed E-state index contributed by atoms with van der Waals surface area (Å²) in [6.07, 6.45) is 0.317. The van der Waals surface area contributed by atoms with E-state index in [1.165, 1.54) is 17.0 Å². The molecule has 0 aliphatic heterocycles. The van der Waals surface area contributed by atoms with E-state index < -0.39 is 28.5 Å². The zero-order chi connectivity index (χ0) is 28.6. The summed E-state index contributed by atoms with van der Waals surface area (Å²) in [6.45, 7) is 5.68. The molecule has 0 saturated heterocycles. The highest BCUT2D eigenvalue weighted by Gasteiger charge is 2.33. The molecule has 0 radical (unpaired) electrons. The fourth-order valence-electron chi connectivity index (χ4n) is 4.02. The predicted octanol–water partition coefficient (Wildman–Crippen LogP) is 5.77. The zero-order valence-corrected chi connectivity index (χ0v) is 24.5. The number of hydrogen-bond donors (Lipinski definition) is 1. The molecular weight excluding hydrogens is 557 g/mol. The van der Waals surface area contributed by atoms with Crippen LogP contribution in [0.4, 0.5) is 5.69 Å². The maximum atomic E-state index is 14.0. The number of benzene rings is 3. The minimum absolute atomic E-state index is 0.00352. The molecule has 7 nitrogen and oxygen atoms in total. The Balaban J connectivity index is 2.03. The fourth-order valence-corrected chi connectivity index (χ4v) is 5.92. The van der Waals surface area contributed by atoms with Gasteiger partial charge in [-0.25, -0.2) is 8.42 Å². The van der Waals surface area contributed by atoms with Crippen LogP contribution < -0.4 is 9.62 Å². The van der Waals surface area contributed by atoms with Crippen LogP contribution in [0.15, 0.2) is 83.8 Å². The van der Waals surface area contributed by atoms with Gasteiger partial charge in [0, 0.05) is 23.1 Å². The van der Waals surface area contributed by atoms with Crippen molar-refractivity contribution in [3.63, 3.8) is 0 Å². The minimum atomic E-state index is -4.10. The van der Waals surface area contributed by atoms with Gasteiger partial charge in [0.25, 0.3) is 10.0 Å². The lowest BCUT2D eigenvalue weighted by Crippen LogP contribution is -2.52. The van der Waals surface area contributed by atoms with E-state index >= 15 is 0 Å². The first-order chi connectivity index (χ1) is 18.5. The SMILES string of the molecule is CC[C@H](C(=O)NCC(C)C)N(Cc1ccc(Cl)cc1Cl)C(=O)CN(c1ccccc1)S(=O)(=O)c1ccccc1. The maximum absolute atomic E-state index is 14.0. The molecule has 39 heavy (non-hydrogen) atoms. The van der Waals surface area contributed by atoms with Crippen LogP contribution in [0.25, 0.3) is 0 Å². The molecule has 0 spiro atoms. The molecule has 0 saturated carbocycles. The van der Waals surface area contributed by atoms with Gasteiger partial charge in [-0.15, -0.1) is 0 Å². The molecule has 1 atom stereocenters. The molecule has 3 aromatic rings. The number of rotatable bonds is 12. The molecule has 3 rings (SSSR count). The number of amides is 2. The molecule has 10 heteroatoms. The summed E-state index contributed by atoms with van der Waals surface area (Å²) >= 11 is 12.5. The third-order valence-corrected chi connectivity index (χ3v) is 8.46. The van der Waals surface area contributed by atoms with Gasteiger partial charge in [-0.3, -0.25) is 13.9 Å². The molecule has 1 N–H and O–H groups in total. The Kier molecular flexibility index (Phi) is 10.8. The standard InChI is InChI=1S/C29H33Cl2N3O4S/c1-4-27(29(36)32-18-21(2)3)33(19-22-15-16-23(30)17-26(22)31)28(35)20-34(24-11-7-5-8-12-24)39(37,38)25-13-9-6-10-14-25/h5-17,21,27H,4,18-20H2,1-3H3,(H,32,36)/t27-/m1/s1. The largest absolute Gasteiger partial charge is 0.354 e. The first kappa shape index (κ1) is 30.5. The Hall–Kier alpha value is -3.07. The lowest BCUT2D eigenvalue weighted by Gasteiger charge is -2.33. The number of para-hydroxylation sites is 1. The van der Waals surface area contributed by atoms with Crippen molar-refractivity contribution in [1.29, 1.82) is 0 Å². The Morgan fingerprint density at radius 1 is 0.923 bits per heavy atom. The second-order valence-corrected chi connectivity index (χ2v) is 12.2. The molecule has 0 heterocycles. The number of carbonyl (C=O) groups is 2. The van der Waals surface area contributed by atoms with E-state index in [1.54, 1.807) is 73.7 Å². The highest BCUT2D eigenvalue weighted by Crippen LogP contribution is 2.26. The molecular formula is C29H33Cl2N3O4S. The van der Waals surface area contributed by atoms with Gasteiger partial charge in [0.1, 0.15) is 12.6 Å². The fraction of sp³-hybridized carbons (Fsp3) is 0.310. The minimum Gasteiger partial charge on any atom is -0.354 e. The van der Waals surface area contributed by atoms with Gasteiger partial charge in [-0.1, -0.05) is 86.4 Å². The second kappa shape index (κ2) is 13.8. The topological polar surface area (TPSA) is 86.8 Å². The van der Waals surface area contributed by atoms with Crippen molar-refractivity contribution in [3.8, 4) is 0 Å². The summed E-state index contributed by atoms with van der Waals surface area (Å²) in [4.78, 5) is 28.7. The summed E-state index contributed by atoms with van der Waals surface area (Å²) in [5.41, 5.74) is 0.915. The number of nitrogens with zero attached hydrogens (tertiary/aromatic N) is 2. The molecule has 2 amide bonds. The van der Waals surface area contributed by atoms with Gasteiger partial charge in [-0.2, -0.15) is 0 Å². The Labute approximate surface area is 240 Å². The number of nitrogens with one attached hydrogen (secondary N) is 1. The van der Waals surface area contributed by atoms with Gasteiger partial charge in [0.05, 0.1) is 10.6 Å². The Bertz CT molecular complexity index is 1370. The molecule has 208 valence electrons. The van der Waals surface area contributed by atoms with Crippen molar-refractivity contribution in [1.82, 2.24) is 10.2 Å². The van der Waals surface area contributed by atoms with Crippen LogP contribution in [0.1, 0.15) is 32.8 Å². The zero-order valence-electron chi connectivity index (χ0n) is 22.2. The number of hydrogen-bond acceptors (Lipinski definition) is 4. The maximum Gasteiger partial charge on any atom is 0.264 e. The van der Waals surface area contributed by atoms with Gasteiger partial charge in [-0.05, 0) is 54.3 Å². The van der Waals surface area contributed by atoms with Crippen LogP contribution >= 0.6 is 23.2 Å². The number of anilines is 1. The summed E-state index contributed by atoms with van der Waals surface area (Å²) in [7, 11) is -4.10. The molecule has 0 unspecified atom stereocenters. The van der Waals surface area contributed by atoms with Crippen LogP contribution in [0.3, 0.4) is 0 Å². The predicted molar refractivity (Wildman–Crippen MR) is 156 cm³/mol. The van der Waals surface area contributed by atoms with Crippen molar-refractivity contribution in [2.24, 2.45) is 5.92 Å². The summed E-state index contributed by atoms with van der Waals surface area (Å²) in [5.74, 6) is -0.649. The first-order valence-corrected chi connectivity index (χ1v) is 14.9. The summed E-state index contributed by atoms with van der Waals surface area (Å²) < 4.78 is 28.5. The van der Waals surface area contributed by atoms with E-state index in [4.69, 9.17) is 23.2 Å². The summed E-state index contributed by atoms with van der Waals surface area (Å²) in [6, 6.07) is 20.4. The van der Waals surface area contributed by atoms with Crippen LogP contribution in [-0.4, -0.2) is 44.3 Å². The van der Waals surface area contributed by atoms with Gasteiger partial charge in [0.2, 0.25) is 11.8 Å². The molecule has 0 bridgehead atoms. The number of halogens is 2. The molecule has 0 fully saturated rings. The third-order valence-electron chi connectivity index (χ3n) is 6.08. The quantitative estimate of drug-likeness (QED) is 0.290. The van der Waals surface area contributed by atoms with E-state index in [9.17, 15) is 18.0 Å². The monoisotopic (exact) mass is 589 g/mol. The number of sulfonamides is 1. The van der Waals surface area contributed by atoms with Crippen LogP contribution in [0, 0.1) is 5.92 Å². The van der Waals surface area contributed by atoms with E-state index in [2.05, 4.69) is 5.32 Å². The van der Waals surface area contributed by atoms with Crippen LogP contribution in [-0.2, 0) is 26.2 Å². The van der Waals surface area contributed by atoms with Crippen molar-refractivity contribution in [2.75, 3.05) is 17.4 Å². The second-order valence-electron chi connectivity index (χ2n) is 9.48. The Morgan fingerprint density at radius 3 is 2.10 bits per heavy atom. The van der Waals surface area contributed by atoms with E-state index in [0.29, 0.717) is 34.3 Å². The highest BCUT2D eigenvalue weighted by atomic mass is 35.5. The van der Waals surface area contributed by atoms with Crippen LogP contribution in [0.5, 0.6) is 0 Å². The highest BCUT2D eigenvalue weighted by molar-refractivity contribution is 7.92. The number of carbonyl (C=O) groups excluding carboxylic acids is 2. The average molecular weight is 591 g/mol. The summed E-state index contributed by atoms with van der Waals surface area (Å²) in [5, 5.41) is 3.68. The van der Waals surface area contributed by atoms with Gasteiger partial charge >= 0.3 is 0 Å². The first-order valence-electron chi connectivity index (χ1n) is 12.7. The van der Waals surface area contributed by atoms with Crippen molar-refractivity contribution < 1.29 is 18.0 Å². The van der Waals surface area contributed by atoms with Gasteiger partial charge < -0.3 is 10.2 Å². The van der Waals surface area contributed by atoms with Gasteiger partial charge in [0.15, 0.2) is 0 Å². The lowest BCUT2D eigenvalue weighted by atomic mass is 10.1. The van der Waals surface area contributed by atoms with Crippen molar-refractivity contribution >= 4 is 50.7 Å². The molecule has 3 aromatic carbocycles. The molecule has 0 aromatic heterocycles. The van der Waals surface area contributed by atoms with Crippen molar-refractivity contribution in [3.05, 3.63) is 94.5 Å². The third kappa shape index (κ3) is 7.97. The van der Waals surface area contributed by atoms with Crippen molar-refractivity contribution in [2.45, 2.75) is 44.7 Å². The molecule has 0 aliphatic carbocycles. The lowest BCUT2D eigenvalue weighted by molar-refractivity contribution is -0.140. The molecule has 0 aliphatic rings. The average Bonchev–Trinajstić information content (AvgIpc) is 2.92. The van der Waals surface area contributed by atoms with E-state index in [-0.39, 0.29) is 23.3 Å². The van der Waals surface area contributed by atoms with E-state index in [0.717, 1.165) is 4.31 Å². The smallest absolute Gasteiger partial charge is 0.264 e. The van der Waals surface area contributed by atoms with Crippen LogP contribution in [0.2, 0.25) is 10.0 Å². The van der Waals surface area contributed by atoms with E-state index in [1.807, 2.05) is 13.8 Å².